The Morgan fingerprint density at radius 2 is 1.74 bits per heavy atom. The third-order valence-corrected chi connectivity index (χ3v) is 4.35. The molecule has 11 heteroatoms. The number of hydrogen-bond donors (Lipinski definition) is 2. The van der Waals surface area contributed by atoms with Gasteiger partial charge < -0.3 is 20.9 Å². The first-order chi connectivity index (χ1) is 14.5. The molecule has 0 saturated heterocycles. The quantitative estimate of drug-likeness (QED) is 0.452. The number of allylic oxidation sites excluding steroid dienone is 1. The van der Waals surface area contributed by atoms with Gasteiger partial charge >= 0.3 is 6.18 Å². The van der Waals surface area contributed by atoms with E-state index in [-0.39, 0.29) is 28.6 Å². The molecule has 0 heterocycles. The molecule has 31 heavy (non-hydrogen) atoms. The number of halogens is 3. The van der Waals surface area contributed by atoms with Gasteiger partial charge in [-0.2, -0.15) is 13.2 Å². The average molecular weight is 454 g/mol. The number of primary amides is 2. The Balaban J connectivity index is 2.48. The zero-order valence-corrected chi connectivity index (χ0v) is 16.9. The van der Waals surface area contributed by atoms with Crippen LogP contribution < -0.4 is 20.9 Å². The van der Waals surface area contributed by atoms with E-state index in [0.717, 1.165) is 12.1 Å². The number of nitrogens with two attached hydrogens (primary N) is 2. The Morgan fingerprint density at radius 1 is 1.06 bits per heavy atom. The highest BCUT2D eigenvalue weighted by Gasteiger charge is 2.35. The summed E-state index contributed by atoms with van der Waals surface area (Å²) in [5, 5.41) is -0.776. The van der Waals surface area contributed by atoms with Gasteiger partial charge in [-0.05, 0) is 60.7 Å². The Hall–Kier alpha value is -3.47. The first kappa shape index (κ1) is 23.8. The van der Waals surface area contributed by atoms with Crippen LogP contribution in [0.15, 0.2) is 41.3 Å². The smallest absolute Gasteiger partial charge is 0.420 e. The topological polar surface area (TPSA) is 122 Å². The lowest BCUT2D eigenvalue weighted by atomic mass is 10.1. The summed E-state index contributed by atoms with van der Waals surface area (Å²) in [6, 6.07) is 6.92. The molecule has 0 spiro atoms. The number of rotatable bonds is 8. The van der Waals surface area contributed by atoms with Crippen molar-refractivity contribution in [3.05, 3.63) is 58.0 Å². The van der Waals surface area contributed by atoms with Gasteiger partial charge in [0.05, 0.1) is 17.1 Å². The van der Waals surface area contributed by atoms with E-state index in [2.05, 4.69) is 0 Å². The third-order valence-electron chi connectivity index (χ3n) is 3.70. The maximum absolute atomic E-state index is 13.4. The molecule has 4 N–H and O–H groups in total. The maximum Gasteiger partial charge on any atom is 0.420 e. The first-order valence-corrected chi connectivity index (χ1v) is 9.46. The fourth-order valence-corrected chi connectivity index (χ4v) is 2.92. The number of amides is 2. The van der Waals surface area contributed by atoms with E-state index < -0.39 is 28.6 Å². The predicted octanol–water partition coefficient (Wildman–Crippen LogP) is 4.35. The summed E-state index contributed by atoms with van der Waals surface area (Å²) >= 11 is 0.526. The molecule has 2 aromatic carbocycles. The van der Waals surface area contributed by atoms with Gasteiger partial charge in [-0.25, -0.2) is 0 Å². The standard InChI is InChI=1S/C20H17F3N2O5S/c1-2-29-17-8-11(7-13(10-26)31-19(25)28)3-5-16(17)30-15-6-4-12(18(24)27)9-14(15)20(21,22)23/h3-10H,2H2,1H3,(H2,24,27)(H2,25,28)/b13-7-. The lowest BCUT2D eigenvalue weighted by Gasteiger charge is -2.17. The fourth-order valence-electron chi connectivity index (χ4n) is 2.45. The second-order valence-corrected chi connectivity index (χ2v) is 6.98. The largest absolute Gasteiger partial charge is 0.490 e. The third kappa shape index (κ3) is 6.51. The van der Waals surface area contributed by atoms with Crippen molar-refractivity contribution >= 4 is 35.3 Å². The van der Waals surface area contributed by atoms with Crippen LogP contribution in [0.5, 0.6) is 17.2 Å². The van der Waals surface area contributed by atoms with Gasteiger partial charge in [0, 0.05) is 5.56 Å². The minimum Gasteiger partial charge on any atom is -0.490 e. The van der Waals surface area contributed by atoms with Gasteiger partial charge in [0.25, 0.3) is 5.24 Å². The van der Waals surface area contributed by atoms with Gasteiger partial charge in [-0.3, -0.25) is 14.4 Å². The monoisotopic (exact) mass is 454 g/mol. The number of carbonyl (C=O) groups excluding carboxylic acids is 3. The van der Waals surface area contributed by atoms with Crippen LogP contribution in [0.3, 0.4) is 0 Å². The molecular formula is C20H17F3N2O5S. The van der Waals surface area contributed by atoms with Gasteiger partial charge in [0.2, 0.25) is 5.91 Å². The van der Waals surface area contributed by atoms with Crippen LogP contribution in [-0.2, 0) is 11.0 Å². The number of hydrogen-bond acceptors (Lipinski definition) is 6. The van der Waals surface area contributed by atoms with Crippen molar-refractivity contribution in [3.63, 3.8) is 0 Å². The van der Waals surface area contributed by atoms with Crippen molar-refractivity contribution in [2.45, 2.75) is 13.1 Å². The van der Waals surface area contributed by atoms with E-state index in [1.807, 2.05) is 0 Å². The Labute approximate surface area is 179 Å². The van der Waals surface area contributed by atoms with Crippen LogP contribution >= 0.6 is 11.8 Å². The van der Waals surface area contributed by atoms with E-state index in [4.69, 9.17) is 20.9 Å². The van der Waals surface area contributed by atoms with Crippen LogP contribution in [0.25, 0.3) is 6.08 Å². The summed E-state index contributed by atoms with van der Waals surface area (Å²) in [6.45, 7) is 1.84. The Bertz CT molecular complexity index is 1040. The lowest BCUT2D eigenvalue weighted by molar-refractivity contribution is -0.138. The molecule has 7 nitrogen and oxygen atoms in total. The molecule has 0 aliphatic heterocycles. The van der Waals surface area contributed by atoms with E-state index in [1.54, 1.807) is 6.92 Å². The molecule has 0 saturated carbocycles. The normalized spacial score (nSPS) is 11.7. The van der Waals surface area contributed by atoms with E-state index in [0.29, 0.717) is 29.7 Å². The fraction of sp³-hybridized carbons (Fsp3) is 0.150. The van der Waals surface area contributed by atoms with Crippen LogP contribution in [0.2, 0.25) is 0 Å². The number of benzene rings is 2. The average Bonchev–Trinajstić information content (AvgIpc) is 2.68. The summed E-state index contributed by atoms with van der Waals surface area (Å²) in [5.41, 5.74) is 9.03. The molecular weight excluding hydrogens is 437 g/mol. The molecule has 2 rings (SSSR count). The van der Waals surface area contributed by atoms with Crippen molar-refractivity contribution in [2.24, 2.45) is 11.5 Å². The van der Waals surface area contributed by atoms with Gasteiger partial charge in [-0.15, -0.1) is 0 Å². The van der Waals surface area contributed by atoms with E-state index >= 15 is 0 Å². The highest BCUT2D eigenvalue weighted by atomic mass is 32.2. The lowest BCUT2D eigenvalue weighted by Crippen LogP contribution is -2.14. The number of thioether (sulfide) groups is 1. The van der Waals surface area contributed by atoms with Gasteiger partial charge in [-0.1, -0.05) is 6.07 Å². The van der Waals surface area contributed by atoms with Gasteiger partial charge in [0.1, 0.15) is 5.75 Å². The molecule has 0 radical (unpaired) electrons. The Morgan fingerprint density at radius 3 is 2.29 bits per heavy atom. The summed E-state index contributed by atoms with van der Waals surface area (Å²) < 4.78 is 51.2. The zero-order chi connectivity index (χ0) is 23.2. The van der Waals surface area contributed by atoms with Crippen molar-refractivity contribution in [1.29, 1.82) is 0 Å². The number of alkyl halides is 3. The first-order valence-electron chi connectivity index (χ1n) is 8.65. The SMILES string of the molecule is CCOc1cc(/C=C(/C=O)SC(N)=O)ccc1Oc1ccc(C(N)=O)cc1C(F)(F)F. The molecule has 0 aliphatic rings. The zero-order valence-electron chi connectivity index (χ0n) is 16.1. The second kappa shape index (κ2) is 10.0. The van der Waals surface area contributed by atoms with Crippen LogP contribution in [0.1, 0.15) is 28.4 Å². The van der Waals surface area contributed by atoms with E-state index in [1.165, 1.54) is 24.3 Å². The highest BCUT2D eigenvalue weighted by Crippen LogP contribution is 2.41. The molecule has 0 fully saturated rings. The summed E-state index contributed by atoms with van der Waals surface area (Å²) in [7, 11) is 0. The second-order valence-electron chi connectivity index (χ2n) is 5.90. The van der Waals surface area contributed by atoms with Crippen molar-refractivity contribution in [3.8, 4) is 17.2 Å². The summed E-state index contributed by atoms with van der Waals surface area (Å²) in [6.07, 6.45) is -3.01. The van der Waals surface area contributed by atoms with Crippen LogP contribution in [-0.4, -0.2) is 24.0 Å². The van der Waals surface area contributed by atoms with Crippen molar-refractivity contribution < 1.29 is 37.0 Å². The van der Waals surface area contributed by atoms with Crippen LogP contribution in [0, 0.1) is 0 Å². The molecule has 2 amide bonds. The minimum absolute atomic E-state index is 0.0324. The van der Waals surface area contributed by atoms with Gasteiger partial charge in [0.15, 0.2) is 17.8 Å². The number of carbonyl (C=O) groups is 3. The maximum atomic E-state index is 13.4. The molecule has 0 atom stereocenters. The Kier molecular flexibility index (Phi) is 7.70. The molecule has 164 valence electrons. The number of ether oxygens (including phenoxy) is 2. The molecule has 0 unspecified atom stereocenters. The van der Waals surface area contributed by atoms with Crippen molar-refractivity contribution in [1.82, 2.24) is 0 Å². The summed E-state index contributed by atoms with van der Waals surface area (Å²) in [5.74, 6) is -1.51. The highest BCUT2D eigenvalue weighted by molar-refractivity contribution is 8.17. The number of aldehydes is 1. The van der Waals surface area contributed by atoms with Crippen molar-refractivity contribution in [2.75, 3.05) is 6.61 Å². The predicted molar refractivity (Wildman–Crippen MR) is 109 cm³/mol. The molecule has 2 aromatic rings. The minimum atomic E-state index is -4.81. The van der Waals surface area contributed by atoms with E-state index in [9.17, 15) is 27.6 Å². The molecule has 0 aromatic heterocycles. The van der Waals surface area contributed by atoms with Crippen LogP contribution in [0.4, 0.5) is 18.0 Å². The molecule has 0 aliphatic carbocycles. The molecule has 0 bridgehead atoms. The summed E-state index contributed by atoms with van der Waals surface area (Å²) in [4.78, 5) is 33.3.